The summed E-state index contributed by atoms with van der Waals surface area (Å²) in [6.07, 6.45) is 1.58. The highest BCUT2D eigenvalue weighted by atomic mass is 32.2. The standard InChI is InChI=1S/C17H19N5O2S/c1-12-10-16(22(2)3)21-15(20-12)11-19-25(23,24)14-8-4-6-13-7-5-9-18-17(13)14/h4-10,19H,11H2,1-3H3. The van der Waals surface area contributed by atoms with Crippen molar-refractivity contribution in [3.05, 3.63) is 54.1 Å². The second-order valence-corrected chi connectivity index (χ2v) is 7.57. The summed E-state index contributed by atoms with van der Waals surface area (Å²) in [5, 5.41) is 0.770. The van der Waals surface area contributed by atoms with Crippen LogP contribution in [0.25, 0.3) is 10.9 Å². The summed E-state index contributed by atoms with van der Waals surface area (Å²) in [5.74, 6) is 1.15. The topological polar surface area (TPSA) is 88.1 Å². The Morgan fingerprint density at radius 3 is 2.64 bits per heavy atom. The molecule has 0 spiro atoms. The van der Waals surface area contributed by atoms with E-state index in [-0.39, 0.29) is 11.4 Å². The zero-order chi connectivity index (χ0) is 18.0. The van der Waals surface area contributed by atoms with E-state index in [4.69, 9.17) is 0 Å². The van der Waals surface area contributed by atoms with Crippen LogP contribution in [0.3, 0.4) is 0 Å². The van der Waals surface area contributed by atoms with Crippen LogP contribution >= 0.6 is 0 Å². The smallest absolute Gasteiger partial charge is 0.243 e. The third-order valence-electron chi connectivity index (χ3n) is 3.65. The summed E-state index contributed by atoms with van der Waals surface area (Å²) < 4.78 is 28.0. The van der Waals surface area contributed by atoms with Gasteiger partial charge in [-0.25, -0.2) is 23.1 Å². The molecule has 0 atom stereocenters. The summed E-state index contributed by atoms with van der Waals surface area (Å²) in [6, 6.07) is 10.5. The number of nitrogens with zero attached hydrogens (tertiary/aromatic N) is 4. The van der Waals surface area contributed by atoms with Gasteiger partial charge >= 0.3 is 0 Å². The first-order chi connectivity index (χ1) is 11.9. The first-order valence-corrected chi connectivity index (χ1v) is 9.20. The van der Waals surface area contributed by atoms with Gasteiger partial charge in [-0.3, -0.25) is 4.98 Å². The fourth-order valence-corrected chi connectivity index (χ4v) is 3.61. The van der Waals surface area contributed by atoms with Gasteiger partial charge in [0.25, 0.3) is 0 Å². The van der Waals surface area contributed by atoms with E-state index in [2.05, 4.69) is 19.7 Å². The van der Waals surface area contributed by atoms with Crippen LogP contribution in [0, 0.1) is 6.92 Å². The summed E-state index contributed by atoms with van der Waals surface area (Å²) in [6.45, 7) is 1.86. The first kappa shape index (κ1) is 17.2. The zero-order valence-corrected chi connectivity index (χ0v) is 15.1. The number of sulfonamides is 1. The van der Waals surface area contributed by atoms with Crippen molar-refractivity contribution in [3.63, 3.8) is 0 Å². The van der Waals surface area contributed by atoms with Gasteiger partial charge in [-0.2, -0.15) is 0 Å². The van der Waals surface area contributed by atoms with Gasteiger partial charge in [0.15, 0.2) is 0 Å². The average molecular weight is 357 g/mol. The van der Waals surface area contributed by atoms with E-state index < -0.39 is 10.0 Å². The third kappa shape index (κ3) is 3.75. The summed E-state index contributed by atoms with van der Waals surface area (Å²) in [5.41, 5.74) is 1.22. The third-order valence-corrected chi connectivity index (χ3v) is 5.08. The summed E-state index contributed by atoms with van der Waals surface area (Å²) in [7, 11) is 0.00791. The van der Waals surface area contributed by atoms with E-state index in [1.807, 2.05) is 44.1 Å². The van der Waals surface area contributed by atoms with Crippen molar-refractivity contribution in [1.29, 1.82) is 0 Å². The van der Waals surface area contributed by atoms with Gasteiger partial charge in [0.1, 0.15) is 16.5 Å². The van der Waals surface area contributed by atoms with E-state index in [1.165, 1.54) is 0 Å². The summed E-state index contributed by atoms with van der Waals surface area (Å²) in [4.78, 5) is 14.8. The van der Waals surface area contributed by atoms with Crippen LogP contribution in [0.5, 0.6) is 0 Å². The molecule has 0 saturated carbocycles. The maximum Gasteiger partial charge on any atom is 0.243 e. The van der Waals surface area contributed by atoms with Crippen molar-refractivity contribution < 1.29 is 8.42 Å². The van der Waals surface area contributed by atoms with Crippen LogP contribution < -0.4 is 9.62 Å². The minimum Gasteiger partial charge on any atom is -0.363 e. The van der Waals surface area contributed by atoms with Crippen molar-refractivity contribution in [2.45, 2.75) is 18.4 Å². The molecule has 25 heavy (non-hydrogen) atoms. The van der Waals surface area contributed by atoms with Crippen LogP contribution in [-0.2, 0) is 16.6 Å². The number of hydrogen-bond acceptors (Lipinski definition) is 6. The Balaban J connectivity index is 1.90. The fourth-order valence-electron chi connectivity index (χ4n) is 2.45. The predicted molar refractivity (Wildman–Crippen MR) is 96.9 cm³/mol. The Hall–Kier alpha value is -2.58. The molecule has 2 aromatic heterocycles. The lowest BCUT2D eigenvalue weighted by atomic mass is 10.2. The fraction of sp³-hybridized carbons (Fsp3) is 0.235. The Labute approximate surface area is 146 Å². The minimum absolute atomic E-state index is 0.00801. The van der Waals surface area contributed by atoms with Crippen LogP contribution in [0.4, 0.5) is 5.82 Å². The Morgan fingerprint density at radius 1 is 1.12 bits per heavy atom. The number of rotatable bonds is 5. The number of aryl methyl sites for hydroxylation is 1. The largest absolute Gasteiger partial charge is 0.363 e. The molecule has 0 unspecified atom stereocenters. The van der Waals surface area contributed by atoms with E-state index >= 15 is 0 Å². The molecule has 0 saturated heterocycles. The van der Waals surface area contributed by atoms with Crippen molar-refractivity contribution in [2.24, 2.45) is 0 Å². The number of hydrogen-bond donors (Lipinski definition) is 1. The number of benzene rings is 1. The molecule has 1 N–H and O–H groups in total. The molecule has 8 heteroatoms. The van der Waals surface area contributed by atoms with Crippen molar-refractivity contribution in [1.82, 2.24) is 19.7 Å². The van der Waals surface area contributed by atoms with Gasteiger partial charge in [-0.1, -0.05) is 18.2 Å². The molecule has 0 amide bonds. The molecule has 0 aliphatic carbocycles. The lowest BCUT2D eigenvalue weighted by Gasteiger charge is -2.13. The second kappa shape index (κ2) is 6.73. The first-order valence-electron chi connectivity index (χ1n) is 7.72. The number of para-hydroxylation sites is 1. The molecular weight excluding hydrogens is 338 g/mol. The molecule has 0 bridgehead atoms. The van der Waals surface area contributed by atoms with Gasteiger partial charge in [0.05, 0.1) is 12.1 Å². The molecule has 7 nitrogen and oxygen atoms in total. The average Bonchev–Trinajstić information content (AvgIpc) is 2.59. The lowest BCUT2D eigenvalue weighted by Crippen LogP contribution is -2.25. The van der Waals surface area contributed by atoms with Crippen molar-refractivity contribution >= 4 is 26.7 Å². The number of nitrogens with one attached hydrogen (secondary N) is 1. The normalized spacial score (nSPS) is 11.6. The number of anilines is 1. The van der Waals surface area contributed by atoms with Crippen molar-refractivity contribution in [2.75, 3.05) is 19.0 Å². The van der Waals surface area contributed by atoms with Gasteiger partial charge in [-0.05, 0) is 19.1 Å². The zero-order valence-electron chi connectivity index (χ0n) is 14.3. The minimum atomic E-state index is -3.74. The van der Waals surface area contributed by atoms with E-state index in [9.17, 15) is 8.42 Å². The molecule has 0 fully saturated rings. The summed E-state index contributed by atoms with van der Waals surface area (Å²) >= 11 is 0. The molecule has 3 aromatic rings. The van der Waals surface area contributed by atoms with E-state index in [0.717, 1.165) is 16.9 Å². The Morgan fingerprint density at radius 2 is 1.88 bits per heavy atom. The molecule has 0 aliphatic rings. The maximum absolute atomic E-state index is 12.7. The second-order valence-electron chi connectivity index (χ2n) is 5.83. The molecule has 0 radical (unpaired) electrons. The highest BCUT2D eigenvalue weighted by Gasteiger charge is 2.18. The van der Waals surface area contributed by atoms with E-state index in [0.29, 0.717) is 11.3 Å². The highest BCUT2D eigenvalue weighted by Crippen LogP contribution is 2.20. The maximum atomic E-state index is 12.7. The SMILES string of the molecule is Cc1cc(N(C)C)nc(CNS(=O)(=O)c2cccc3cccnc23)n1. The number of aromatic nitrogens is 3. The number of pyridine rings is 1. The van der Waals surface area contributed by atoms with Crippen LogP contribution in [0.1, 0.15) is 11.5 Å². The highest BCUT2D eigenvalue weighted by molar-refractivity contribution is 7.89. The van der Waals surface area contributed by atoms with Gasteiger partial charge in [0, 0.05) is 37.4 Å². The molecule has 130 valence electrons. The molecular formula is C17H19N5O2S. The molecule has 2 heterocycles. The Kier molecular flexibility index (Phi) is 4.65. The van der Waals surface area contributed by atoms with Gasteiger partial charge < -0.3 is 4.90 Å². The number of fused-ring (bicyclic) bond motifs is 1. The van der Waals surface area contributed by atoms with E-state index in [1.54, 1.807) is 24.4 Å². The van der Waals surface area contributed by atoms with Gasteiger partial charge in [0.2, 0.25) is 10.0 Å². The van der Waals surface area contributed by atoms with Crippen LogP contribution in [0.2, 0.25) is 0 Å². The Bertz CT molecular complexity index is 1010. The molecule has 3 rings (SSSR count). The quantitative estimate of drug-likeness (QED) is 0.750. The predicted octanol–water partition coefficient (Wildman–Crippen LogP) is 1.88. The van der Waals surface area contributed by atoms with Crippen molar-refractivity contribution in [3.8, 4) is 0 Å². The van der Waals surface area contributed by atoms with Gasteiger partial charge in [-0.15, -0.1) is 0 Å². The molecule has 0 aliphatic heterocycles. The van der Waals surface area contributed by atoms with Crippen LogP contribution in [0.15, 0.2) is 47.5 Å². The van der Waals surface area contributed by atoms with Crippen LogP contribution in [-0.4, -0.2) is 37.5 Å². The monoisotopic (exact) mass is 357 g/mol. The lowest BCUT2D eigenvalue weighted by molar-refractivity contribution is 0.579. The molecule has 1 aromatic carbocycles.